The van der Waals surface area contributed by atoms with Crippen LogP contribution in [0.2, 0.25) is 5.02 Å². The molecule has 78 valence electrons. The minimum absolute atomic E-state index is 0.365. The molecule has 0 aliphatic rings. The number of hydrogen-bond acceptors (Lipinski definition) is 3. The molecule has 0 spiro atoms. The third-order valence-corrected chi connectivity index (χ3v) is 2.12. The number of benzene rings is 1. The van der Waals surface area contributed by atoms with Crippen molar-refractivity contribution >= 4 is 11.6 Å². The van der Waals surface area contributed by atoms with Gasteiger partial charge in [0, 0.05) is 11.1 Å². The maximum Gasteiger partial charge on any atom is 0.290 e. The van der Waals surface area contributed by atoms with Gasteiger partial charge in [0.05, 0.1) is 6.54 Å². The molecule has 0 bridgehead atoms. The zero-order valence-corrected chi connectivity index (χ0v) is 8.70. The lowest BCUT2D eigenvalue weighted by Gasteiger charge is -2.01. The highest BCUT2D eigenvalue weighted by Gasteiger charge is 2.02. The first kappa shape index (κ1) is 10.1. The average molecular weight is 224 g/mol. The molecule has 0 aliphatic heterocycles. The fourth-order valence-electron chi connectivity index (χ4n) is 1.14. The largest absolute Gasteiger partial charge is 0.429 e. The Balaban J connectivity index is 2.11. The van der Waals surface area contributed by atoms with Gasteiger partial charge in [0.2, 0.25) is 0 Å². The highest BCUT2D eigenvalue weighted by molar-refractivity contribution is 6.30. The van der Waals surface area contributed by atoms with Gasteiger partial charge in [-0.3, -0.25) is 0 Å². The maximum atomic E-state index is 5.75. The van der Waals surface area contributed by atoms with Crippen LogP contribution >= 0.6 is 11.6 Å². The van der Waals surface area contributed by atoms with E-state index in [2.05, 4.69) is 0 Å². The second-order valence-corrected chi connectivity index (χ2v) is 3.42. The first-order valence-electron chi connectivity index (χ1n) is 4.50. The van der Waals surface area contributed by atoms with E-state index in [0.717, 1.165) is 0 Å². The maximum absolute atomic E-state index is 5.75. The molecule has 0 unspecified atom stereocenters. The molecule has 0 fully saturated rings. The Hall–Kier alpha value is -1.45. The first-order valence-corrected chi connectivity index (χ1v) is 4.88. The van der Waals surface area contributed by atoms with Gasteiger partial charge < -0.3 is 14.9 Å². The molecular weight excluding hydrogens is 214 g/mol. The summed E-state index contributed by atoms with van der Waals surface area (Å²) in [5, 5.41) is 0.671. The van der Waals surface area contributed by atoms with E-state index in [1.807, 2.05) is 0 Å². The van der Waals surface area contributed by atoms with E-state index in [-0.39, 0.29) is 0 Å². The number of hydrogen-bond donors (Lipinski definition) is 1. The quantitative estimate of drug-likeness (QED) is 0.870. The Morgan fingerprint density at radius 1 is 1.13 bits per heavy atom. The molecule has 15 heavy (non-hydrogen) atoms. The van der Waals surface area contributed by atoms with Gasteiger partial charge >= 0.3 is 0 Å². The fraction of sp³-hybridized carbons (Fsp3) is 0.0909. The summed E-state index contributed by atoms with van der Waals surface area (Å²) < 4.78 is 10.7. The van der Waals surface area contributed by atoms with Crippen molar-refractivity contribution in [1.82, 2.24) is 0 Å². The molecular formula is C11H10ClNO2. The predicted molar refractivity (Wildman–Crippen MR) is 58.1 cm³/mol. The van der Waals surface area contributed by atoms with Gasteiger partial charge in [0.1, 0.15) is 11.5 Å². The third-order valence-electron chi connectivity index (χ3n) is 1.87. The van der Waals surface area contributed by atoms with Crippen LogP contribution in [0.5, 0.6) is 11.7 Å². The van der Waals surface area contributed by atoms with E-state index in [0.29, 0.717) is 29.0 Å². The number of ether oxygens (including phenoxy) is 1. The summed E-state index contributed by atoms with van der Waals surface area (Å²) in [6.45, 7) is 0.365. The molecule has 1 aromatic heterocycles. The van der Waals surface area contributed by atoms with Gasteiger partial charge in [0.15, 0.2) is 0 Å². The van der Waals surface area contributed by atoms with Gasteiger partial charge in [0.25, 0.3) is 5.95 Å². The third kappa shape index (κ3) is 2.52. The summed E-state index contributed by atoms with van der Waals surface area (Å²) in [6, 6.07) is 10.6. The van der Waals surface area contributed by atoms with Crippen LogP contribution < -0.4 is 10.5 Å². The van der Waals surface area contributed by atoms with Gasteiger partial charge in [-0.15, -0.1) is 0 Å². The number of halogens is 1. The first-order chi connectivity index (χ1) is 7.28. The fourth-order valence-corrected chi connectivity index (χ4v) is 1.27. The minimum atomic E-state index is 0.365. The van der Waals surface area contributed by atoms with Crippen molar-refractivity contribution < 1.29 is 9.15 Å². The molecule has 4 heteroatoms. The van der Waals surface area contributed by atoms with Crippen LogP contribution in [0.25, 0.3) is 0 Å². The number of furan rings is 1. The van der Waals surface area contributed by atoms with Crippen molar-refractivity contribution in [2.75, 3.05) is 0 Å². The van der Waals surface area contributed by atoms with E-state index >= 15 is 0 Å². The zero-order valence-electron chi connectivity index (χ0n) is 7.94. The SMILES string of the molecule is NCc1ccc(Oc2ccc(Cl)cc2)o1. The zero-order chi connectivity index (χ0) is 10.7. The van der Waals surface area contributed by atoms with E-state index in [1.54, 1.807) is 36.4 Å². The molecule has 0 aliphatic carbocycles. The Morgan fingerprint density at radius 2 is 1.87 bits per heavy atom. The van der Waals surface area contributed by atoms with Crippen LogP contribution in [-0.4, -0.2) is 0 Å². The summed E-state index contributed by atoms with van der Waals surface area (Å²) in [7, 11) is 0. The minimum Gasteiger partial charge on any atom is -0.429 e. The summed E-state index contributed by atoms with van der Waals surface area (Å²) in [6.07, 6.45) is 0. The van der Waals surface area contributed by atoms with Crippen molar-refractivity contribution in [3.05, 3.63) is 47.2 Å². The Bertz CT molecular complexity index is 436. The van der Waals surface area contributed by atoms with E-state index in [9.17, 15) is 0 Å². The molecule has 0 atom stereocenters. The summed E-state index contributed by atoms with van der Waals surface area (Å²) in [5.41, 5.74) is 5.41. The number of nitrogens with two attached hydrogens (primary N) is 1. The van der Waals surface area contributed by atoms with Crippen molar-refractivity contribution in [3.63, 3.8) is 0 Å². The van der Waals surface area contributed by atoms with Gasteiger partial charge in [-0.25, -0.2) is 0 Å². The number of rotatable bonds is 3. The summed E-state index contributed by atoms with van der Waals surface area (Å²) in [4.78, 5) is 0. The molecule has 0 radical (unpaired) electrons. The normalized spacial score (nSPS) is 10.3. The van der Waals surface area contributed by atoms with Crippen molar-refractivity contribution in [1.29, 1.82) is 0 Å². The molecule has 3 nitrogen and oxygen atoms in total. The van der Waals surface area contributed by atoms with Crippen LogP contribution in [0.1, 0.15) is 5.76 Å². The van der Waals surface area contributed by atoms with Crippen LogP contribution in [-0.2, 0) is 6.54 Å². The second kappa shape index (κ2) is 4.38. The lowest BCUT2D eigenvalue weighted by molar-refractivity contribution is 0.333. The van der Waals surface area contributed by atoms with Crippen molar-refractivity contribution in [2.24, 2.45) is 5.73 Å². The predicted octanol–water partition coefficient (Wildman–Crippen LogP) is 3.18. The van der Waals surface area contributed by atoms with E-state index in [1.165, 1.54) is 0 Å². The molecule has 1 aromatic carbocycles. The highest BCUT2D eigenvalue weighted by Crippen LogP contribution is 2.24. The highest BCUT2D eigenvalue weighted by atomic mass is 35.5. The topological polar surface area (TPSA) is 48.4 Å². The van der Waals surface area contributed by atoms with Gasteiger partial charge in [-0.2, -0.15) is 0 Å². The molecule has 1 heterocycles. The van der Waals surface area contributed by atoms with Crippen LogP contribution in [0.4, 0.5) is 0 Å². The van der Waals surface area contributed by atoms with Crippen LogP contribution in [0, 0.1) is 0 Å². The molecule has 0 saturated carbocycles. The van der Waals surface area contributed by atoms with E-state index in [4.69, 9.17) is 26.5 Å². The Morgan fingerprint density at radius 3 is 2.47 bits per heavy atom. The van der Waals surface area contributed by atoms with Crippen molar-refractivity contribution in [3.8, 4) is 11.7 Å². The Labute approximate surface area is 92.4 Å². The lowest BCUT2D eigenvalue weighted by atomic mass is 10.3. The van der Waals surface area contributed by atoms with Crippen molar-refractivity contribution in [2.45, 2.75) is 6.54 Å². The second-order valence-electron chi connectivity index (χ2n) is 2.98. The standard InChI is InChI=1S/C11H10ClNO2/c12-8-1-3-9(4-2-8)14-11-6-5-10(7-13)15-11/h1-6H,7,13H2. The molecule has 2 aromatic rings. The Kier molecular flexibility index (Phi) is 2.94. The molecule has 0 amide bonds. The average Bonchev–Trinajstić information content (AvgIpc) is 2.69. The van der Waals surface area contributed by atoms with Gasteiger partial charge in [-0.1, -0.05) is 11.6 Å². The molecule has 2 rings (SSSR count). The molecule has 2 N–H and O–H groups in total. The van der Waals surface area contributed by atoms with E-state index < -0.39 is 0 Å². The summed E-state index contributed by atoms with van der Waals surface area (Å²) >= 11 is 5.75. The smallest absolute Gasteiger partial charge is 0.290 e. The van der Waals surface area contributed by atoms with Gasteiger partial charge in [-0.05, 0) is 30.3 Å². The monoisotopic (exact) mass is 223 g/mol. The van der Waals surface area contributed by atoms with Crippen LogP contribution in [0.15, 0.2) is 40.8 Å². The molecule has 0 saturated heterocycles. The lowest BCUT2D eigenvalue weighted by Crippen LogP contribution is -1.92. The summed E-state index contributed by atoms with van der Waals surface area (Å²) in [5.74, 6) is 1.80. The van der Waals surface area contributed by atoms with Crippen LogP contribution in [0.3, 0.4) is 0 Å².